The lowest BCUT2D eigenvalue weighted by Gasteiger charge is -2.14. The number of hydrogen-bond acceptors (Lipinski definition) is 4. The maximum Gasteiger partial charge on any atom is 0.130 e. The molecule has 0 saturated carbocycles. The number of nitrogens with one attached hydrogen (secondary N) is 1. The molecular formula is C19H23N5. The normalized spacial score (nSPS) is 12.1. The average molecular weight is 321 g/mol. The molecule has 2 heterocycles. The number of aromatic nitrogens is 4. The van der Waals surface area contributed by atoms with Crippen LogP contribution in [-0.2, 0) is 13.0 Å². The lowest BCUT2D eigenvalue weighted by molar-refractivity contribution is 0.685. The van der Waals surface area contributed by atoms with E-state index >= 15 is 0 Å². The maximum atomic E-state index is 4.47. The topological polar surface area (TPSA) is 55.6 Å². The van der Waals surface area contributed by atoms with Crippen molar-refractivity contribution in [2.75, 3.05) is 5.32 Å². The van der Waals surface area contributed by atoms with Crippen LogP contribution in [0, 0.1) is 6.92 Å². The molecule has 0 aliphatic heterocycles. The van der Waals surface area contributed by atoms with Crippen LogP contribution in [0.1, 0.15) is 42.5 Å². The van der Waals surface area contributed by atoms with Crippen LogP contribution >= 0.6 is 0 Å². The first kappa shape index (κ1) is 16.2. The van der Waals surface area contributed by atoms with Gasteiger partial charge in [-0.05, 0) is 25.8 Å². The van der Waals surface area contributed by atoms with Crippen molar-refractivity contribution in [1.29, 1.82) is 0 Å². The van der Waals surface area contributed by atoms with Gasteiger partial charge in [-0.2, -0.15) is 5.10 Å². The SMILES string of the molecule is CCc1cc(NC(C)c2cnn(Cc3ccccc3)c2)nc(C)n1. The van der Waals surface area contributed by atoms with Crippen LogP contribution in [0.2, 0.25) is 0 Å². The summed E-state index contributed by atoms with van der Waals surface area (Å²) in [5.41, 5.74) is 3.43. The van der Waals surface area contributed by atoms with Crippen LogP contribution in [0.5, 0.6) is 0 Å². The zero-order valence-electron chi connectivity index (χ0n) is 14.4. The van der Waals surface area contributed by atoms with E-state index in [2.05, 4.69) is 52.6 Å². The largest absolute Gasteiger partial charge is 0.363 e. The number of nitrogens with zero attached hydrogens (tertiary/aromatic N) is 4. The second kappa shape index (κ2) is 7.25. The Morgan fingerprint density at radius 2 is 1.96 bits per heavy atom. The van der Waals surface area contributed by atoms with Crippen molar-refractivity contribution >= 4 is 5.82 Å². The Balaban J connectivity index is 1.69. The van der Waals surface area contributed by atoms with E-state index in [4.69, 9.17) is 0 Å². The summed E-state index contributed by atoms with van der Waals surface area (Å²) >= 11 is 0. The first-order valence-electron chi connectivity index (χ1n) is 8.31. The van der Waals surface area contributed by atoms with Crippen LogP contribution in [-0.4, -0.2) is 19.7 Å². The minimum absolute atomic E-state index is 0.133. The summed E-state index contributed by atoms with van der Waals surface area (Å²) in [6.07, 6.45) is 4.90. The van der Waals surface area contributed by atoms with Gasteiger partial charge < -0.3 is 5.32 Å². The van der Waals surface area contributed by atoms with Crippen molar-refractivity contribution in [3.8, 4) is 0 Å². The molecule has 1 unspecified atom stereocenters. The molecule has 5 heteroatoms. The summed E-state index contributed by atoms with van der Waals surface area (Å²) in [6, 6.07) is 12.5. The van der Waals surface area contributed by atoms with Crippen LogP contribution in [0.4, 0.5) is 5.82 Å². The highest BCUT2D eigenvalue weighted by atomic mass is 15.3. The number of benzene rings is 1. The lowest BCUT2D eigenvalue weighted by Crippen LogP contribution is -2.09. The third kappa shape index (κ3) is 3.98. The van der Waals surface area contributed by atoms with E-state index in [0.717, 1.165) is 35.9 Å². The summed E-state index contributed by atoms with van der Waals surface area (Å²) in [5.74, 6) is 1.66. The smallest absolute Gasteiger partial charge is 0.130 e. The van der Waals surface area contributed by atoms with E-state index in [1.807, 2.05) is 42.1 Å². The van der Waals surface area contributed by atoms with Crippen molar-refractivity contribution < 1.29 is 0 Å². The zero-order valence-corrected chi connectivity index (χ0v) is 14.4. The fourth-order valence-electron chi connectivity index (χ4n) is 2.65. The Morgan fingerprint density at radius 1 is 1.17 bits per heavy atom. The monoisotopic (exact) mass is 321 g/mol. The van der Waals surface area contributed by atoms with Crippen LogP contribution in [0.15, 0.2) is 48.8 Å². The molecule has 0 spiro atoms. The summed E-state index contributed by atoms with van der Waals surface area (Å²) in [7, 11) is 0. The molecule has 0 bridgehead atoms. The second-order valence-electron chi connectivity index (χ2n) is 5.97. The molecule has 2 aromatic heterocycles. The number of hydrogen-bond donors (Lipinski definition) is 1. The van der Waals surface area contributed by atoms with Gasteiger partial charge in [0, 0.05) is 23.5 Å². The third-order valence-electron chi connectivity index (χ3n) is 3.96. The van der Waals surface area contributed by atoms with E-state index in [1.54, 1.807) is 0 Å². The Morgan fingerprint density at radius 3 is 2.71 bits per heavy atom. The van der Waals surface area contributed by atoms with Gasteiger partial charge >= 0.3 is 0 Å². The van der Waals surface area contributed by atoms with Gasteiger partial charge in [-0.1, -0.05) is 37.3 Å². The molecule has 3 rings (SSSR count). The molecule has 24 heavy (non-hydrogen) atoms. The molecule has 1 atom stereocenters. The van der Waals surface area contributed by atoms with Crippen LogP contribution in [0.25, 0.3) is 0 Å². The van der Waals surface area contributed by atoms with Crippen molar-refractivity contribution in [3.05, 3.63) is 71.4 Å². The van der Waals surface area contributed by atoms with E-state index in [-0.39, 0.29) is 6.04 Å². The molecule has 0 saturated heterocycles. The van der Waals surface area contributed by atoms with Gasteiger partial charge in [-0.3, -0.25) is 4.68 Å². The van der Waals surface area contributed by atoms with E-state index in [0.29, 0.717) is 0 Å². The highest BCUT2D eigenvalue weighted by Gasteiger charge is 2.10. The van der Waals surface area contributed by atoms with Gasteiger partial charge in [0.1, 0.15) is 11.6 Å². The standard InChI is InChI=1S/C19H23N5/c1-4-18-10-19(23-15(3)22-18)21-14(2)17-11-20-24(13-17)12-16-8-6-5-7-9-16/h5-11,13-14H,4,12H2,1-3H3,(H,21,22,23). The summed E-state index contributed by atoms with van der Waals surface area (Å²) in [4.78, 5) is 8.89. The average Bonchev–Trinajstić information content (AvgIpc) is 3.04. The summed E-state index contributed by atoms with van der Waals surface area (Å²) in [6.45, 7) is 6.92. The third-order valence-corrected chi connectivity index (χ3v) is 3.96. The van der Waals surface area contributed by atoms with Crippen molar-refractivity contribution in [3.63, 3.8) is 0 Å². The second-order valence-corrected chi connectivity index (χ2v) is 5.97. The molecule has 1 N–H and O–H groups in total. The van der Waals surface area contributed by atoms with Gasteiger partial charge in [0.15, 0.2) is 0 Å². The van der Waals surface area contributed by atoms with Gasteiger partial charge in [-0.25, -0.2) is 9.97 Å². The Kier molecular flexibility index (Phi) is 4.89. The van der Waals surface area contributed by atoms with E-state index in [1.165, 1.54) is 5.56 Å². The molecule has 1 aromatic carbocycles. The number of aryl methyl sites for hydroxylation is 2. The van der Waals surface area contributed by atoms with Crippen LogP contribution < -0.4 is 5.32 Å². The first-order chi connectivity index (χ1) is 11.6. The van der Waals surface area contributed by atoms with E-state index < -0.39 is 0 Å². The number of rotatable bonds is 6. The van der Waals surface area contributed by atoms with Crippen molar-refractivity contribution in [1.82, 2.24) is 19.7 Å². The molecule has 3 aromatic rings. The van der Waals surface area contributed by atoms with Gasteiger partial charge in [0.05, 0.1) is 18.8 Å². The lowest BCUT2D eigenvalue weighted by atomic mass is 10.2. The molecule has 0 aliphatic rings. The predicted octanol–water partition coefficient (Wildman–Crippen LogP) is 3.77. The minimum Gasteiger partial charge on any atom is -0.363 e. The fraction of sp³-hybridized carbons (Fsp3) is 0.316. The van der Waals surface area contributed by atoms with Gasteiger partial charge in [0.25, 0.3) is 0 Å². The van der Waals surface area contributed by atoms with Crippen molar-refractivity contribution in [2.24, 2.45) is 0 Å². The van der Waals surface area contributed by atoms with Crippen LogP contribution in [0.3, 0.4) is 0 Å². The quantitative estimate of drug-likeness (QED) is 0.751. The van der Waals surface area contributed by atoms with E-state index in [9.17, 15) is 0 Å². The highest BCUT2D eigenvalue weighted by molar-refractivity contribution is 5.39. The Hall–Kier alpha value is -2.69. The molecule has 0 aliphatic carbocycles. The molecule has 5 nitrogen and oxygen atoms in total. The zero-order chi connectivity index (χ0) is 16.9. The highest BCUT2D eigenvalue weighted by Crippen LogP contribution is 2.18. The molecule has 0 fully saturated rings. The molecule has 0 amide bonds. The molecule has 124 valence electrons. The van der Waals surface area contributed by atoms with Crippen molar-refractivity contribution in [2.45, 2.75) is 39.8 Å². The summed E-state index contributed by atoms with van der Waals surface area (Å²) in [5, 5.41) is 7.92. The first-order valence-corrected chi connectivity index (χ1v) is 8.31. The Labute approximate surface area is 142 Å². The predicted molar refractivity (Wildman–Crippen MR) is 96.0 cm³/mol. The molecular weight excluding hydrogens is 298 g/mol. The number of anilines is 1. The minimum atomic E-state index is 0.133. The van der Waals surface area contributed by atoms with Gasteiger partial charge in [0.2, 0.25) is 0 Å². The van der Waals surface area contributed by atoms with Gasteiger partial charge in [-0.15, -0.1) is 0 Å². The molecule has 0 radical (unpaired) electrons. The summed E-state index contributed by atoms with van der Waals surface area (Å²) < 4.78 is 1.96. The Bertz CT molecular complexity index is 795. The maximum absolute atomic E-state index is 4.47. The fourth-order valence-corrected chi connectivity index (χ4v) is 2.65.